The van der Waals surface area contributed by atoms with Crippen molar-refractivity contribution in [2.75, 3.05) is 13.1 Å². The largest absolute Gasteiger partial charge is 0.445 e. The Bertz CT molecular complexity index is 406. The van der Waals surface area contributed by atoms with E-state index >= 15 is 0 Å². The van der Waals surface area contributed by atoms with Gasteiger partial charge in [0.15, 0.2) is 0 Å². The average Bonchev–Trinajstić information content (AvgIpc) is 2.74. The summed E-state index contributed by atoms with van der Waals surface area (Å²) in [6.07, 6.45) is 0.598. The van der Waals surface area contributed by atoms with Crippen LogP contribution in [-0.4, -0.2) is 30.1 Å². The molecule has 0 radical (unpaired) electrons. The monoisotopic (exact) mass is 234 g/mol. The van der Waals surface area contributed by atoms with Gasteiger partial charge in [-0.1, -0.05) is 24.3 Å². The van der Waals surface area contributed by atoms with Gasteiger partial charge in [-0.3, -0.25) is 0 Å². The minimum Gasteiger partial charge on any atom is -0.445 e. The molecule has 1 fully saturated rings. The maximum Gasteiger partial charge on any atom is 0.410 e. The molecule has 4 heteroatoms. The second kappa shape index (κ2) is 5.19. The van der Waals surface area contributed by atoms with E-state index in [1.54, 1.807) is 4.90 Å². The zero-order valence-electron chi connectivity index (χ0n) is 10.1. The molecular weight excluding hydrogens is 216 g/mol. The van der Waals surface area contributed by atoms with Gasteiger partial charge in [-0.05, 0) is 24.5 Å². The minimum atomic E-state index is -0.263. The van der Waals surface area contributed by atoms with Crippen molar-refractivity contribution in [2.45, 2.75) is 26.0 Å². The van der Waals surface area contributed by atoms with E-state index in [1.165, 1.54) is 0 Å². The molecule has 1 unspecified atom stereocenters. The third kappa shape index (κ3) is 2.97. The van der Waals surface area contributed by atoms with Crippen LogP contribution in [0.25, 0.3) is 0 Å². The highest BCUT2D eigenvalue weighted by atomic mass is 16.6. The Morgan fingerprint density at radius 3 is 2.94 bits per heavy atom. The lowest BCUT2D eigenvalue weighted by Gasteiger charge is -2.16. The van der Waals surface area contributed by atoms with Gasteiger partial charge in [0.25, 0.3) is 0 Å². The maximum atomic E-state index is 11.7. The van der Waals surface area contributed by atoms with Crippen LogP contribution in [0.3, 0.4) is 0 Å². The number of rotatable bonds is 2. The number of carbonyl (C=O) groups is 1. The molecule has 4 nitrogen and oxygen atoms in total. The number of carbonyl (C=O) groups excluding carboxylic acids is 1. The zero-order chi connectivity index (χ0) is 12.3. The molecule has 1 aromatic rings. The number of aryl methyl sites for hydroxylation is 1. The molecule has 1 amide bonds. The lowest BCUT2D eigenvalue weighted by Crippen LogP contribution is -2.32. The number of amides is 1. The quantitative estimate of drug-likeness (QED) is 0.846. The molecule has 92 valence electrons. The topological polar surface area (TPSA) is 55.6 Å². The summed E-state index contributed by atoms with van der Waals surface area (Å²) in [7, 11) is 0. The van der Waals surface area contributed by atoms with E-state index in [2.05, 4.69) is 0 Å². The van der Waals surface area contributed by atoms with E-state index < -0.39 is 0 Å². The van der Waals surface area contributed by atoms with Gasteiger partial charge in [0.1, 0.15) is 6.61 Å². The number of ether oxygens (including phenoxy) is 1. The summed E-state index contributed by atoms with van der Waals surface area (Å²) >= 11 is 0. The van der Waals surface area contributed by atoms with Gasteiger partial charge in [-0.2, -0.15) is 0 Å². The van der Waals surface area contributed by atoms with Crippen molar-refractivity contribution >= 4 is 6.09 Å². The van der Waals surface area contributed by atoms with Crippen molar-refractivity contribution in [1.29, 1.82) is 0 Å². The molecular formula is C13H18N2O2. The third-order valence-corrected chi connectivity index (χ3v) is 3.10. The van der Waals surface area contributed by atoms with Gasteiger partial charge >= 0.3 is 6.09 Å². The van der Waals surface area contributed by atoms with Crippen LogP contribution >= 0.6 is 0 Å². The summed E-state index contributed by atoms with van der Waals surface area (Å²) in [5, 5.41) is 0. The average molecular weight is 234 g/mol. The summed E-state index contributed by atoms with van der Waals surface area (Å²) in [5.74, 6) is 0. The first-order chi connectivity index (χ1) is 8.16. The van der Waals surface area contributed by atoms with Crippen LogP contribution in [0.15, 0.2) is 24.3 Å². The highest BCUT2D eigenvalue weighted by molar-refractivity contribution is 5.68. The van der Waals surface area contributed by atoms with Crippen molar-refractivity contribution in [1.82, 2.24) is 4.90 Å². The lowest BCUT2D eigenvalue weighted by atomic mass is 10.1. The Morgan fingerprint density at radius 2 is 2.29 bits per heavy atom. The van der Waals surface area contributed by atoms with Gasteiger partial charge in [0, 0.05) is 19.1 Å². The number of benzene rings is 1. The highest BCUT2D eigenvalue weighted by Gasteiger charge is 2.24. The molecule has 2 rings (SSSR count). The Labute approximate surface area is 101 Å². The molecule has 1 heterocycles. The van der Waals surface area contributed by atoms with Crippen molar-refractivity contribution < 1.29 is 9.53 Å². The number of nitrogens with zero attached hydrogens (tertiary/aromatic N) is 1. The standard InChI is InChI=1S/C13H18N2O2/c1-10-4-2-3-5-11(10)9-17-13(16)15-7-6-12(14)8-15/h2-5,12H,6-9,14H2,1H3. The first-order valence-electron chi connectivity index (χ1n) is 5.88. The van der Waals surface area contributed by atoms with Crippen LogP contribution in [0.5, 0.6) is 0 Å². The molecule has 1 atom stereocenters. The molecule has 1 aliphatic heterocycles. The predicted octanol–water partition coefficient (Wildman–Crippen LogP) is 1.66. The second-order valence-corrected chi connectivity index (χ2v) is 4.48. The summed E-state index contributed by atoms with van der Waals surface area (Å²) in [5.41, 5.74) is 7.93. The first kappa shape index (κ1) is 11.9. The lowest BCUT2D eigenvalue weighted by molar-refractivity contribution is 0.104. The van der Waals surface area contributed by atoms with Gasteiger partial charge in [0.2, 0.25) is 0 Å². The second-order valence-electron chi connectivity index (χ2n) is 4.48. The first-order valence-corrected chi connectivity index (χ1v) is 5.88. The third-order valence-electron chi connectivity index (χ3n) is 3.10. The van der Waals surface area contributed by atoms with Gasteiger partial charge in [-0.25, -0.2) is 4.79 Å². The van der Waals surface area contributed by atoms with Crippen molar-refractivity contribution in [3.8, 4) is 0 Å². The van der Waals surface area contributed by atoms with Crippen LogP contribution in [0.4, 0.5) is 4.79 Å². The fourth-order valence-electron chi connectivity index (χ4n) is 1.96. The molecule has 0 aliphatic carbocycles. The van der Waals surface area contributed by atoms with E-state index in [0.717, 1.165) is 17.5 Å². The van der Waals surface area contributed by atoms with E-state index in [1.807, 2.05) is 31.2 Å². The van der Waals surface area contributed by atoms with Crippen LogP contribution < -0.4 is 5.73 Å². The summed E-state index contributed by atoms with van der Waals surface area (Å²) in [6.45, 7) is 3.65. The summed E-state index contributed by atoms with van der Waals surface area (Å²) in [4.78, 5) is 13.4. The number of nitrogens with two attached hydrogens (primary N) is 1. The SMILES string of the molecule is Cc1ccccc1COC(=O)N1CCC(N)C1. The molecule has 0 saturated carbocycles. The fraction of sp³-hybridized carbons (Fsp3) is 0.462. The fourth-order valence-corrected chi connectivity index (χ4v) is 1.96. The molecule has 0 spiro atoms. The van der Waals surface area contributed by atoms with Crippen molar-refractivity contribution in [3.63, 3.8) is 0 Å². The van der Waals surface area contributed by atoms with Crippen LogP contribution in [0, 0.1) is 6.92 Å². The normalized spacial score (nSPS) is 19.4. The molecule has 2 N–H and O–H groups in total. The molecule has 1 aromatic carbocycles. The molecule has 0 bridgehead atoms. The molecule has 0 aromatic heterocycles. The summed E-state index contributed by atoms with van der Waals surface area (Å²) < 4.78 is 5.27. The Balaban J connectivity index is 1.86. The number of hydrogen-bond acceptors (Lipinski definition) is 3. The van der Waals surface area contributed by atoms with Crippen LogP contribution in [0.1, 0.15) is 17.5 Å². The van der Waals surface area contributed by atoms with Crippen molar-refractivity contribution in [2.24, 2.45) is 5.73 Å². The predicted molar refractivity (Wildman–Crippen MR) is 65.5 cm³/mol. The van der Waals surface area contributed by atoms with E-state index in [4.69, 9.17) is 10.5 Å². The minimum absolute atomic E-state index is 0.0982. The van der Waals surface area contributed by atoms with Gasteiger partial charge in [-0.15, -0.1) is 0 Å². The number of hydrogen-bond donors (Lipinski definition) is 1. The van der Waals surface area contributed by atoms with Crippen molar-refractivity contribution in [3.05, 3.63) is 35.4 Å². The summed E-state index contributed by atoms with van der Waals surface area (Å²) in [6, 6.07) is 8.00. The Kier molecular flexibility index (Phi) is 3.64. The highest BCUT2D eigenvalue weighted by Crippen LogP contribution is 2.12. The maximum absolute atomic E-state index is 11.7. The van der Waals surface area contributed by atoms with Gasteiger partial charge in [0.05, 0.1) is 0 Å². The van der Waals surface area contributed by atoms with E-state index in [9.17, 15) is 4.79 Å². The molecule has 1 aliphatic rings. The smallest absolute Gasteiger partial charge is 0.410 e. The van der Waals surface area contributed by atoms with Crippen LogP contribution in [0.2, 0.25) is 0 Å². The molecule has 1 saturated heterocycles. The van der Waals surface area contributed by atoms with E-state index in [-0.39, 0.29) is 12.1 Å². The Hall–Kier alpha value is -1.55. The zero-order valence-corrected chi connectivity index (χ0v) is 10.1. The van der Waals surface area contributed by atoms with Crippen LogP contribution in [-0.2, 0) is 11.3 Å². The van der Waals surface area contributed by atoms with E-state index in [0.29, 0.717) is 19.7 Å². The Morgan fingerprint density at radius 1 is 1.53 bits per heavy atom. The number of likely N-dealkylation sites (tertiary alicyclic amines) is 1. The van der Waals surface area contributed by atoms with Gasteiger partial charge < -0.3 is 15.4 Å². The molecule has 17 heavy (non-hydrogen) atoms.